The summed E-state index contributed by atoms with van der Waals surface area (Å²) in [5.41, 5.74) is -0.0494. The molecule has 0 aromatic carbocycles. The lowest BCUT2D eigenvalue weighted by atomic mass is 10.1. The van der Waals surface area contributed by atoms with E-state index in [1.165, 1.54) is 12.3 Å². The first-order chi connectivity index (χ1) is 6.20. The van der Waals surface area contributed by atoms with Crippen LogP contribution in [0.3, 0.4) is 0 Å². The van der Waals surface area contributed by atoms with Gasteiger partial charge in [0.05, 0.1) is 10.6 Å². The summed E-state index contributed by atoms with van der Waals surface area (Å²) in [6, 6.07) is 1.43. The van der Waals surface area contributed by atoms with Gasteiger partial charge in [0.15, 0.2) is 5.78 Å². The molecule has 0 unspecified atom stereocenters. The third kappa shape index (κ3) is 1.56. The van der Waals surface area contributed by atoms with Gasteiger partial charge < -0.3 is 0 Å². The van der Waals surface area contributed by atoms with Crippen LogP contribution in [0.2, 0.25) is 5.02 Å². The average molecular weight is 200 g/mol. The van der Waals surface area contributed by atoms with Gasteiger partial charge in [0.2, 0.25) is 5.95 Å². The first-order valence-corrected chi connectivity index (χ1v) is 4.42. The zero-order valence-corrected chi connectivity index (χ0v) is 7.51. The highest BCUT2D eigenvalue weighted by Crippen LogP contribution is 2.34. The van der Waals surface area contributed by atoms with Gasteiger partial charge in [-0.25, -0.2) is 4.98 Å². The first kappa shape index (κ1) is 8.63. The number of aromatic nitrogens is 1. The van der Waals surface area contributed by atoms with Crippen LogP contribution in [0.25, 0.3) is 0 Å². The van der Waals surface area contributed by atoms with E-state index < -0.39 is 5.95 Å². The molecular formula is C9H7ClFNO. The third-order valence-corrected chi connectivity index (χ3v) is 2.36. The fourth-order valence-electron chi connectivity index (χ4n) is 1.18. The minimum absolute atomic E-state index is 0.0313. The second-order valence-electron chi connectivity index (χ2n) is 3.10. The number of carbonyl (C=O) groups is 1. The summed E-state index contributed by atoms with van der Waals surface area (Å²) >= 11 is 5.70. The second-order valence-corrected chi connectivity index (χ2v) is 3.50. The summed E-state index contributed by atoms with van der Waals surface area (Å²) in [6.45, 7) is 0. The Morgan fingerprint density at radius 3 is 2.85 bits per heavy atom. The van der Waals surface area contributed by atoms with E-state index in [0.29, 0.717) is 0 Å². The molecular weight excluding hydrogens is 193 g/mol. The minimum Gasteiger partial charge on any atom is -0.294 e. The van der Waals surface area contributed by atoms with Crippen molar-refractivity contribution in [2.24, 2.45) is 5.92 Å². The minimum atomic E-state index is -0.760. The molecule has 0 radical (unpaired) electrons. The summed E-state index contributed by atoms with van der Waals surface area (Å²) in [4.78, 5) is 14.9. The highest BCUT2D eigenvalue weighted by atomic mass is 35.5. The Morgan fingerprint density at radius 2 is 2.31 bits per heavy atom. The zero-order valence-electron chi connectivity index (χ0n) is 6.76. The van der Waals surface area contributed by atoms with E-state index in [1.807, 2.05) is 0 Å². The lowest BCUT2D eigenvalue weighted by molar-refractivity contribution is 0.0963. The molecule has 1 aliphatic rings. The Hall–Kier alpha value is -0.960. The van der Waals surface area contributed by atoms with Crippen LogP contribution in [-0.4, -0.2) is 10.8 Å². The Bertz CT molecular complexity index is 342. The quantitative estimate of drug-likeness (QED) is 0.541. The lowest BCUT2D eigenvalue weighted by Crippen LogP contribution is -2.06. The summed E-state index contributed by atoms with van der Waals surface area (Å²) in [7, 11) is 0. The van der Waals surface area contributed by atoms with Crippen LogP contribution in [0, 0.1) is 11.9 Å². The van der Waals surface area contributed by atoms with Crippen LogP contribution >= 0.6 is 11.6 Å². The predicted molar refractivity (Wildman–Crippen MR) is 46.3 cm³/mol. The van der Waals surface area contributed by atoms with E-state index in [1.54, 1.807) is 0 Å². The van der Waals surface area contributed by atoms with Gasteiger partial charge in [0.1, 0.15) is 0 Å². The molecule has 0 amide bonds. The van der Waals surface area contributed by atoms with Crippen molar-refractivity contribution in [2.45, 2.75) is 12.8 Å². The SMILES string of the molecule is O=C(c1c(Cl)ccnc1F)C1CC1. The van der Waals surface area contributed by atoms with Gasteiger partial charge in [-0.1, -0.05) is 11.6 Å². The molecule has 0 bridgehead atoms. The largest absolute Gasteiger partial charge is 0.294 e. The smallest absolute Gasteiger partial charge is 0.225 e. The number of carbonyl (C=O) groups excluding carboxylic acids is 1. The number of Topliss-reactive ketones (excluding diaryl/α,β-unsaturated/α-hetero) is 1. The van der Waals surface area contributed by atoms with E-state index in [-0.39, 0.29) is 22.3 Å². The fourth-order valence-corrected chi connectivity index (χ4v) is 1.41. The molecule has 1 aromatic rings. The summed E-state index contributed by atoms with van der Waals surface area (Å²) in [5.74, 6) is -1.00. The van der Waals surface area contributed by atoms with Crippen LogP contribution < -0.4 is 0 Å². The molecule has 1 saturated carbocycles. The Morgan fingerprint density at radius 1 is 1.62 bits per heavy atom. The molecule has 0 N–H and O–H groups in total. The van der Waals surface area contributed by atoms with Crippen molar-refractivity contribution < 1.29 is 9.18 Å². The van der Waals surface area contributed by atoms with Gasteiger partial charge >= 0.3 is 0 Å². The Labute approximate surface area is 79.7 Å². The molecule has 2 nitrogen and oxygen atoms in total. The zero-order chi connectivity index (χ0) is 9.42. The number of hydrogen-bond acceptors (Lipinski definition) is 2. The van der Waals surface area contributed by atoms with Crippen LogP contribution in [0.5, 0.6) is 0 Å². The topological polar surface area (TPSA) is 30.0 Å². The maximum absolute atomic E-state index is 13.1. The van der Waals surface area contributed by atoms with Crippen LogP contribution in [-0.2, 0) is 0 Å². The first-order valence-electron chi connectivity index (χ1n) is 4.04. The van der Waals surface area contributed by atoms with E-state index >= 15 is 0 Å². The molecule has 1 aromatic heterocycles. The fraction of sp³-hybridized carbons (Fsp3) is 0.333. The van der Waals surface area contributed by atoms with E-state index in [2.05, 4.69) is 4.98 Å². The van der Waals surface area contributed by atoms with E-state index in [0.717, 1.165) is 12.8 Å². The molecule has 1 heterocycles. The van der Waals surface area contributed by atoms with Crippen molar-refractivity contribution in [3.05, 3.63) is 28.8 Å². The van der Waals surface area contributed by atoms with Crippen LogP contribution in [0.15, 0.2) is 12.3 Å². The molecule has 0 atom stereocenters. The predicted octanol–water partition coefficient (Wildman–Crippen LogP) is 2.47. The van der Waals surface area contributed by atoms with Gasteiger partial charge in [0.25, 0.3) is 0 Å². The van der Waals surface area contributed by atoms with Gasteiger partial charge in [-0.3, -0.25) is 4.79 Å². The van der Waals surface area contributed by atoms with Crippen molar-refractivity contribution in [3.8, 4) is 0 Å². The third-order valence-electron chi connectivity index (χ3n) is 2.05. The van der Waals surface area contributed by atoms with Gasteiger partial charge in [-0.05, 0) is 18.9 Å². The number of hydrogen-bond donors (Lipinski definition) is 0. The lowest BCUT2D eigenvalue weighted by Gasteiger charge is -2.01. The van der Waals surface area contributed by atoms with Crippen molar-refractivity contribution in [2.75, 3.05) is 0 Å². The molecule has 2 rings (SSSR count). The summed E-state index contributed by atoms with van der Waals surface area (Å²) in [6.07, 6.45) is 2.92. The highest BCUT2D eigenvalue weighted by molar-refractivity contribution is 6.34. The number of ketones is 1. The average Bonchev–Trinajstić information content (AvgIpc) is 2.85. The molecule has 0 aliphatic heterocycles. The Balaban J connectivity index is 2.42. The molecule has 4 heteroatoms. The van der Waals surface area contributed by atoms with Crippen LogP contribution in [0.4, 0.5) is 4.39 Å². The maximum atomic E-state index is 13.1. The van der Waals surface area contributed by atoms with Crippen molar-refractivity contribution >= 4 is 17.4 Å². The Kier molecular flexibility index (Phi) is 2.04. The summed E-state index contributed by atoms with van der Waals surface area (Å²) in [5, 5.41) is 0.157. The normalized spacial score (nSPS) is 15.8. The van der Waals surface area contributed by atoms with E-state index in [9.17, 15) is 9.18 Å². The number of rotatable bonds is 2. The number of nitrogens with zero attached hydrogens (tertiary/aromatic N) is 1. The van der Waals surface area contributed by atoms with Gasteiger partial charge in [-0.2, -0.15) is 4.39 Å². The number of halogens is 2. The van der Waals surface area contributed by atoms with Gasteiger partial charge in [-0.15, -0.1) is 0 Å². The van der Waals surface area contributed by atoms with Crippen LogP contribution in [0.1, 0.15) is 23.2 Å². The maximum Gasteiger partial charge on any atom is 0.225 e. The molecule has 0 saturated heterocycles. The van der Waals surface area contributed by atoms with Crippen molar-refractivity contribution in [1.82, 2.24) is 4.98 Å². The molecule has 1 aliphatic carbocycles. The summed E-state index contributed by atoms with van der Waals surface area (Å²) < 4.78 is 13.1. The van der Waals surface area contributed by atoms with Crippen molar-refractivity contribution in [3.63, 3.8) is 0 Å². The standard InChI is InChI=1S/C9H7ClFNO/c10-6-3-4-12-9(11)7(6)8(13)5-1-2-5/h3-5H,1-2H2. The van der Waals surface area contributed by atoms with E-state index in [4.69, 9.17) is 11.6 Å². The van der Waals surface area contributed by atoms with Gasteiger partial charge in [0, 0.05) is 12.1 Å². The van der Waals surface area contributed by atoms with Crippen molar-refractivity contribution in [1.29, 1.82) is 0 Å². The molecule has 0 spiro atoms. The molecule has 1 fully saturated rings. The molecule has 68 valence electrons. The molecule has 13 heavy (non-hydrogen) atoms. The second kappa shape index (κ2) is 3.07. The highest BCUT2D eigenvalue weighted by Gasteiger charge is 2.33. The number of pyridine rings is 1. The monoisotopic (exact) mass is 199 g/mol.